The van der Waals surface area contributed by atoms with Crippen LogP contribution in [0.5, 0.6) is 0 Å². The van der Waals surface area contributed by atoms with Crippen LogP contribution in [0.2, 0.25) is 0 Å². The van der Waals surface area contributed by atoms with Gasteiger partial charge in [-0.2, -0.15) is 5.10 Å². The molecule has 8 heteroatoms. The number of sulfone groups is 1. The van der Waals surface area contributed by atoms with Gasteiger partial charge in [0, 0.05) is 12.8 Å². The van der Waals surface area contributed by atoms with Crippen LogP contribution in [0, 0.1) is 12.3 Å². The van der Waals surface area contributed by atoms with Gasteiger partial charge in [0.1, 0.15) is 5.71 Å². The minimum absolute atomic E-state index is 0.0512. The van der Waals surface area contributed by atoms with E-state index in [2.05, 4.69) is 16.3 Å². The van der Waals surface area contributed by atoms with Crippen molar-refractivity contribution >= 4 is 27.4 Å². The smallest absolute Gasteiger partial charge is 0.268 e. The third-order valence-electron chi connectivity index (χ3n) is 3.23. The van der Waals surface area contributed by atoms with Gasteiger partial charge >= 0.3 is 0 Å². The third kappa shape index (κ3) is 3.17. The zero-order chi connectivity index (χ0) is 14.8. The Morgan fingerprint density at radius 1 is 1.50 bits per heavy atom. The van der Waals surface area contributed by atoms with Crippen LogP contribution < -0.4 is 5.32 Å². The fourth-order valence-electron chi connectivity index (χ4n) is 2.22. The number of nitrogens with zero attached hydrogens (tertiary/aromatic N) is 2. The molecule has 2 amide bonds. The van der Waals surface area contributed by atoms with Crippen LogP contribution in [0.3, 0.4) is 0 Å². The number of amides is 2. The van der Waals surface area contributed by atoms with Crippen molar-refractivity contribution in [3.63, 3.8) is 0 Å². The average molecular weight is 297 g/mol. The van der Waals surface area contributed by atoms with Crippen LogP contribution in [0.25, 0.3) is 0 Å². The first-order valence-electron chi connectivity index (χ1n) is 6.24. The summed E-state index contributed by atoms with van der Waals surface area (Å²) in [6.07, 6.45) is 5.80. The first kappa shape index (κ1) is 14.5. The standard InChI is InChI=1S/C12H15N3O4S/c1-2-6-13-12(17)10-3-4-11(16)15(14-10)9-5-7-20(18,19)8-9/h1,9H,3-8H2,(H,13,17). The van der Waals surface area contributed by atoms with E-state index in [4.69, 9.17) is 6.42 Å². The van der Waals surface area contributed by atoms with Crippen molar-refractivity contribution in [3.05, 3.63) is 0 Å². The van der Waals surface area contributed by atoms with Crippen LogP contribution in [-0.4, -0.2) is 55.0 Å². The van der Waals surface area contributed by atoms with Gasteiger partial charge < -0.3 is 5.32 Å². The molecule has 7 nitrogen and oxygen atoms in total. The molecule has 2 aliphatic rings. The summed E-state index contributed by atoms with van der Waals surface area (Å²) in [5.74, 6) is 1.57. The summed E-state index contributed by atoms with van der Waals surface area (Å²) in [5.41, 5.74) is 0.212. The molecule has 1 unspecified atom stereocenters. The van der Waals surface area contributed by atoms with Gasteiger partial charge in [-0.05, 0) is 6.42 Å². The number of rotatable bonds is 3. The minimum Gasteiger partial charge on any atom is -0.340 e. The molecular weight excluding hydrogens is 282 g/mol. The molecule has 0 bridgehead atoms. The molecule has 2 rings (SSSR count). The Labute approximate surface area is 117 Å². The second-order valence-electron chi connectivity index (χ2n) is 4.73. The Balaban J connectivity index is 2.13. The lowest BCUT2D eigenvalue weighted by molar-refractivity contribution is -0.133. The molecule has 108 valence electrons. The number of carbonyl (C=O) groups excluding carboxylic acids is 2. The molecule has 0 aromatic heterocycles. The maximum absolute atomic E-state index is 11.8. The predicted octanol–water partition coefficient (Wildman–Crippen LogP) is -1.10. The number of hydrogen-bond donors (Lipinski definition) is 1. The Hall–Kier alpha value is -1.88. The summed E-state index contributed by atoms with van der Waals surface area (Å²) in [6.45, 7) is 0.0869. The van der Waals surface area contributed by atoms with E-state index in [1.807, 2.05) is 0 Å². The molecule has 0 aromatic rings. The van der Waals surface area contributed by atoms with Crippen LogP contribution in [0.15, 0.2) is 5.10 Å². The highest BCUT2D eigenvalue weighted by Gasteiger charge is 2.37. The monoisotopic (exact) mass is 297 g/mol. The quantitative estimate of drug-likeness (QED) is 0.669. The van der Waals surface area contributed by atoms with E-state index in [1.165, 1.54) is 0 Å². The molecule has 1 N–H and O–H groups in total. The fraction of sp³-hybridized carbons (Fsp3) is 0.583. The third-order valence-corrected chi connectivity index (χ3v) is 4.98. The van der Waals surface area contributed by atoms with E-state index >= 15 is 0 Å². The molecule has 1 fully saturated rings. The van der Waals surface area contributed by atoms with Crippen LogP contribution in [0.1, 0.15) is 19.3 Å². The summed E-state index contributed by atoms with van der Waals surface area (Å²) in [4.78, 5) is 23.6. The molecule has 1 atom stereocenters. The van der Waals surface area contributed by atoms with E-state index in [-0.39, 0.29) is 42.5 Å². The molecule has 20 heavy (non-hydrogen) atoms. The lowest BCUT2D eigenvalue weighted by Crippen LogP contribution is -2.44. The second kappa shape index (κ2) is 5.63. The van der Waals surface area contributed by atoms with E-state index in [1.54, 1.807) is 0 Å². The van der Waals surface area contributed by atoms with Crippen LogP contribution >= 0.6 is 0 Å². The summed E-state index contributed by atoms with van der Waals surface area (Å²) < 4.78 is 22.9. The fourth-order valence-corrected chi connectivity index (χ4v) is 3.91. The second-order valence-corrected chi connectivity index (χ2v) is 6.96. The SMILES string of the molecule is C#CCNC(=O)C1=NN(C2CCS(=O)(=O)C2)C(=O)CC1. The number of carbonyl (C=O) groups is 2. The molecule has 1 saturated heterocycles. The van der Waals surface area contributed by atoms with E-state index in [0.717, 1.165) is 5.01 Å². The first-order valence-corrected chi connectivity index (χ1v) is 8.07. The van der Waals surface area contributed by atoms with Gasteiger partial charge in [0.2, 0.25) is 5.91 Å². The summed E-state index contributed by atoms with van der Waals surface area (Å²) in [6, 6.07) is -0.469. The molecule has 0 aromatic carbocycles. The highest BCUT2D eigenvalue weighted by Crippen LogP contribution is 2.22. The van der Waals surface area contributed by atoms with Crippen molar-refractivity contribution in [1.29, 1.82) is 0 Å². The lowest BCUT2D eigenvalue weighted by atomic mass is 10.1. The van der Waals surface area contributed by atoms with Crippen molar-refractivity contribution in [2.24, 2.45) is 5.10 Å². The maximum atomic E-state index is 11.8. The van der Waals surface area contributed by atoms with Crippen LogP contribution in [0.4, 0.5) is 0 Å². The summed E-state index contributed by atoms with van der Waals surface area (Å²) in [7, 11) is -3.11. The van der Waals surface area contributed by atoms with Crippen LogP contribution in [-0.2, 0) is 19.4 Å². The topological polar surface area (TPSA) is 95.9 Å². The summed E-state index contributed by atoms with van der Waals surface area (Å²) in [5, 5.41) is 7.65. The van der Waals surface area contributed by atoms with Gasteiger partial charge in [-0.15, -0.1) is 6.42 Å². The van der Waals surface area contributed by atoms with E-state index in [0.29, 0.717) is 6.42 Å². The molecule has 2 aliphatic heterocycles. The number of terminal acetylenes is 1. The van der Waals surface area contributed by atoms with Crippen molar-refractivity contribution < 1.29 is 18.0 Å². The largest absolute Gasteiger partial charge is 0.340 e. The van der Waals surface area contributed by atoms with Gasteiger partial charge in [0.25, 0.3) is 5.91 Å². The zero-order valence-corrected chi connectivity index (χ0v) is 11.6. The molecular formula is C12H15N3O4S. The zero-order valence-electron chi connectivity index (χ0n) is 10.8. The molecule has 2 heterocycles. The predicted molar refractivity (Wildman–Crippen MR) is 72.4 cm³/mol. The Morgan fingerprint density at radius 3 is 2.85 bits per heavy atom. The van der Waals surface area contributed by atoms with Gasteiger partial charge in [-0.1, -0.05) is 5.92 Å². The van der Waals surface area contributed by atoms with E-state index in [9.17, 15) is 18.0 Å². The molecule has 0 spiro atoms. The Morgan fingerprint density at radius 2 is 2.25 bits per heavy atom. The Bertz CT molecular complexity index is 603. The molecule has 0 aliphatic carbocycles. The average Bonchev–Trinajstić information content (AvgIpc) is 2.76. The van der Waals surface area contributed by atoms with Gasteiger partial charge in [-0.3, -0.25) is 9.59 Å². The lowest BCUT2D eigenvalue weighted by Gasteiger charge is -2.27. The molecule has 0 radical (unpaired) electrons. The highest BCUT2D eigenvalue weighted by atomic mass is 32.2. The number of hydrazone groups is 1. The van der Waals surface area contributed by atoms with Gasteiger partial charge in [0.05, 0.1) is 24.1 Å². The van der Waals surface area contributed by atoms with Gasteiger partial charge in [-0.25, -0.2) is 13.4 Å². The van der Waals surface area contributed by atoms with Crippen molar-refractivity contribution in [2.45, 2.75) is 25.3 Å². The normalized spacial score (nSPS) is 24.9. The van der Waals surface area contributed by atoms with Crippen molar-refractivity contribution in [2.75, 3.05) is 18.1 Å². The summed E-state index contributed by atoms with van der Waals surface area (Å²) >= 11 is 0. The molecule has 0 saturated carbocycles. The number of nitrogens with one attached hydrogen (secondary N) is 1. The number of hydrogen-bond acceptors (Lipinski definition) is 5. The highest BCUT2D eigenvalue weighted by molar-refractivity contribution is 7.91. The minimum atomic E-state index is -3.11. The first-order chi connectivity index (χ1) is 9.43. The van der Waals surface area contributed by atoms with E-state index < -0.39 is 21.8 Å². The van der Waals surface area contributed by atoms with Gasteiger partial charge in [0.15, 0.2) is 9.84 Å². The Kier molecular flexibility index (Phi) is 4.09. The van der Waals surface area contributed by atoms with Crippen molar-refractivity contribution in [3.8, 4) is 12.3 Å². The van der Waals surface area contributed by atoms with Crippen molar-refractivity contribution in [1.82, 2.24) is 10.3 Å². The maximum Gasteiger partial charge on any atom is 0.268 e.